The first-order valence-corrected chi connectivity index (χ1v) is 5.94. The van der Waals surface area contributed by atoms with E-state index in [1.165, 1.54) is 12.8 Å². The molecule has 0 bridgehead atoms. The highest BCUT2D eigenvalue weighted by Crippen LogP contribution is 2.33. The summed E-state index contributed by atoms with van der Waals surface area (Å²) in [6.07, 6.45) is 2.52. The number of hydrogen-bond donors (Lipinski definition) is 2. The number of benzene rings is 1. The molecule has 4 nitrogen and oxygen atoms in total. The summed E-state index contributed by atoms with van der Waals surface area (Å²) in [7, 11) is 0. The Bertz CT molecular complexity index is 414. The molecule has 1 aliphatic rings. The van der Waals surface area contributed by atoms with Crippen LogP contribution in [-0.2, 0) is 0 Å². The number of nitrogen functional groups attached to an aromatic ring is 1. The van der Waals surface area contributed by atoms with E-state index >= 15 is 0 Å². The van der Waals surface area contributed by atoms with Gasteiger partial charge in [-0.3, -0.25) is 5.41 Å². The zero-order valence-electron chi connectivity index (χ0n) is 10.0. The highest BCUT2D eigenvalue weighted by Gasteiger charge is 2.22. The molecule has 0 amide bonds. The van der Waals surface area contributed by atoms with Crippen LogP contribution in [0.3, 0.4) is 0 Å². The summed E-state index contributed by atoms with van der Waals surface area (Å²) in [5.74, 6) is 2.15. The highest BCUT2D eigenvalue weighted by molar-refractivity contribution is 5.95. The molecule has 3 N–H and O–H groups in total. The van der Waals surface area contributed by atoms with Crippen molar-refractivity contribution in [2.45, 2.75) is 19.8 Å². The smallest absolute Gasteiger partial charge is 0.161 e. The summed E-state index contributed by atoms with van der Waals surface area (Å²) >= 11 is 0. The quantitative estimate of drug-likeness (QED) is 0.585. The van der Waals surface area contributed by atoms with Crippen molar-refractivity contribution in [3.8, 4) is 11.5 Å². The van der Waals surface area contributed by atoms with Gasteiger partial charge in [0.15, 0.2) is 11.5 Å². The number of nitrogens with one attached hydrogen (secondary N) is 1. The summed E-state index contributed by atoms with van der Waals surface area (Å²) in [4.78, 5) is 0. The fourth-order valence-corrected chi connectivity index (χ4v) is 1.56. The highest BCUT2D eigenvalue weighted by atomic mass is 16.5. The Hall–Kier alpha value is -1.71. The van der Waals surface area contributed by atoms with Crippen molar-refractivity contribution < 1.29 is 9.47 Å². The van der Waals surface area contributed by atoms with E-state index < -0.39 is 0 Å². The van der Waals surface area contributed by atoms with Gasteiger partial charge in [0.05, 0.1) is 13.2 Å². The van der Waals surface area contributed by atoms with Crippen LogP contribution in [0.15, 0.2) is 18.2 Å². The standard InChI is InChI=1S/C13H18N2O2/c1-2-16-12-7-10(13(14)15)5-6-11(12)17-8-9-3-4-9/h5-7,9H,2-4,8H2,1H3,(H3,14,15). The Labute approximate surface area is 101 Å². The van der Waals surface area contributed by atoms with Gasteiger partial charge in [-0.25, -0.2) is 0 Å². The van der Waals surface area contributed by atoms with Gasteiger partial charge < -0.3 is 15.2 Å². The minimum Gasteiger partial charge on any atom is -0.490 e. The molecule has 1 aromatic rings. The van der Waals surface area contributed by atoms with Crippen LogP contribution in [-0.4, -0.2) is 19.0 Å². The monoisotopic (exact) mass is 234 g/mol. The first-order chi connectivity index (χ1) is 8.20. The Morgan fingerprint density at radius 1 is 1.35 bits per heavy atom. The van der Waals surface area contributed by atoms with E-state index in [9.17, 15) is 0 Å². The lowest BCUT2D eigenvalue weighted by Crippen LogP contribution is -2.11. The molecule has 1 fully saturated rings. The lowest BCUT2D eigenvalue weighted by atomic mass is 10.2. The van der Waals surface area contributed by atoms with Crippen LogP contribution in [0.2, 0.25) is 0 Å². The van der Waals surface area contributed by atoms with Crippen LogP contribution in [0.5, 0.6) is 11.5 Å². The van der Waals surface area contributed by atoms with E-state index in [1.54, 1.807) is 12.1 Å². The largest absolute Gasteiger partial charge is 0.490 e. The number of nitrogens with two attached hydrogens (primary N) is 1. The van der Waals surface area contributed by atoms with Gasteiger partial charge in [0, 0.05) is 5.56 Å². The van der Waals surface area contributed by atoms with E-state index in [4.69, 9.17) is 20.6 Å². The van der Waals surface area contributed by atoms with Crippen LogP contribution < -0.4 is 15.2 Å². The molecular formula is C13H18N2O2. The first kappa shape index (κ1) is 11.8. The molecule has 1 saturated carbocycles. The average Bonchev–Trinajstić information content (AvgIpc) is 3.11. The van der Waals surface area contributed by atoms with E-state index in [0.29, 0.717) is 23.8 Å². The van der Waals surface area contributed by atoms with Gasteiger partial charge in [-0.1, -0.05) is 0 Å². The average molecular weight is 234 g/mol. The predicted molar refractivity (Wildman–Crippen MR) is 66.8 cm³/mol. The van der Waals surface area contributed by atoms with E-state index in [-0.39, 0.29) is 5.84 Å². The maximum atomic E-state index is 7.40. The zero-order valence-corrected chi connectivity index (χ0v) is 10.0. The normalized spacial score (nSPS) is 14.4. The van der Waals surface area contributed by atoms with Crippen molar-refractivity contribution in [1.29, 1.82) is 5.41 Å². The fraction of sp³-hybridized carbons (Fsp3) is 0.462. The van der Waals surface area contributed by atoms with Gasteiger partial charge in [0.2, 0.25) is 0 Å². The lowest BCUT2D eigenvalue weighted by Gasteiger charge is -2.12. The first-order valence-electron chi connectivity index (χ1n) is 5.94. The minimum absolute atomic E-state index is 0.0414. The van der Waals surface area contributed by atoms with Crippen molar-refractivity contribution >= 4 is 5.84 Å². The summed E-state index contributed by atoms with van der Waals surface area (Å²) in [5, 5.41) is 7.40. The Balaban J connectivity index is 2.13. The van der Waals surface area contributed by atoms with Gasteiger partial charge in [-0.15, -0.1) is 0 Å². The van der Waals surface area contributed by atoms with Crippen molar-refractivity contribution in [1.82, 2.24) is 0 Å². The lowest BCUT2D eigenvalue weighted by molar-refractivity contribution is 0.267. The van der Waals surface area contributed by atoms with Crippen molar-refractivity contribution in [2.75, 3.05) is 13.2 Å². The van der Waals surface area contributed by atoms with Crippen LogP contribution >= 0.6 is 0 Å². The Morgan fingerprint density at radius 2 is 2.12 bits per heavy atom. The minimum atomic E-state index is 0.0414. The maximum absolute atomic E-state index is 7.40. The summed E-state index contributed by atoms with van der Waals surface area (Å²) < 4.78 is 11.2. The number of ether oxygens (including phenoxy) is 2. The Kier molecular flexibility index (Phi) is 3.52. The molecule has 17 heavy (non-hydrogen) atoms. The second kappa shape index (κ2) is 5.08. The molecule has 1 aromatic carbocycles. The molecule has 2 rings (SSSR count). The van der Waals surface area contributed by atoms with Gasteiger partial charge in [0.25, 0.3) is 0 Å². The van der Waals surface area contributed by atoms with Crippen LogP contribution in [0.4, 0.5) is 0 Å². The third-order valence-electron chi connectivity index (χ3n) is 2.73. The number of rotatable bonds is 6. The molecule has 4 heteroatoms. The van der Waals surface area contributed by atoms with Crippen LogP contribution in [0, 0.1) is 11.3 Å². The molecule has 0 unspecified atom stereocenters. The van der Waals surface area contributed by atoms with Crippen LogP contribution in [0.1, 0.15) is 25.3 Å². The van der Waals surface area contributed by atoms with Crippen molar-refractivity contribution in [3.63, 3.8) is 0 Å². The molecule has 92 valence electrons. The van der Waals surface area contributed by atoms with Gasteiger partial charge >= 0.3 is 0 Å². The summed E-state index contributed by atoms with van der Waals surface area (Å²) in [5.41, 5.74) is 6.11. The van der Waals surface area contributed by atoms with Gasteiger partial charge in [-0.2, -0.15) is 0 Å². The SMILES string of the molecule is CCOc1cc(C(=N)N)ccc1OCC1CC1. The second-order valence-electron chi connectivity index (χ2n) is 4.26. The molecule has 0 atom stereocenters. The molecule has 0 aromatic heterocycles. The van der Waals surface area contributed by atoms with Gasteiger partial charge in [0.1, 0.15) is 5.84 Å². The molecule has 0 heterocycles. The van der Waals surface area contributed by atoms with Crippen molar-refractivity contribution in [3.05, 3.63) is 23.8 Å². The third kappa shape index (κ3) is 3.12. The van der Waals surface area contributed by atoms with Gasteiger partial charge in [-0.05, 0) is 43.9 Å². The molecule has 0 radical (unpaired) electrons. The molecule has 0 spiro atoms. The summed E-state index contributed by atoms with van der Waals surface area (Å²) in [6.45, 7) is 3.24. The zero-order chi connectivity index (χ0) is 12.3. The van der Waals surface area contributed by atoms with E-state index in [0.717, 1.165) is 12.4 Å². The summed E-state index contributed by atoms with van der Waals surface area (Å²) in [6, 6.07) is 5.37. The third-order valence-corrected chi connectivity index (χ3v) is 2.73. The molecule has 1 aliphatic carbocycles. The molecular weight excluding hydrogens is 216 g/mol. The number of hydrogen-bond acceptors (Lipinski definition) is 3. The predicted octanol–water partition coefficient (Wildman–Crippen LogP) is 2.16. The Morgan fingerprint density at radius 3 is 2.71 bits per heavy atom. The molecule has 0 saturated heterocycles. The topological polar surface area (TPSA) is 68.3 Å². The maximum Gasteiger partial charge on any atom is 0.161 e. The second-order valence-corrected chi connectivity index (χ2v) is 4.26. The van der Waals surface area contributed by atoms with E-state index in [1.807, 2.05) is 13.0 Å². The number of amidine groups is 1. The fourth-order valence-electron chi connectivity index (χ4n) is 1.56. The van der Waals surface area contributed by atoms with E-state index in [2.05, 4.69) is 0 Å². The van der Waals surface area contributed by atoms with Crippen molar-refractivity contribution in [2.24, 2.45) is 11.7 Å². The van der Waals surface area contributed by atoms with Crippen LogP contribution in [0.25, 0.3) is 0 Å². The molecule has 0 aliphatic heterocycles.